The number of benzene rings is 3. The zero-order valence-corrected chi connectivity index (χ0v) is 19.9. The number of hydrogen-bond acceptors (Lipinski definition) is 6. The highest BCUT2D eigenvalue weighted by molar-refractivity contribution is 7.95. The third-order valence-electron chi connectivity index (χ3n) is 4.29. The van der Waals surface area contributed by atoms with Crippen molar-refractivity contribution in [3.05, 3.63) is 108 Å². The summed E-state index contributed by atoms with van der Waals surface area (Å²) in [6.07, 6.45) is 3.70. The minimum Gasteiger partial charge on any atom is -0.0622 e. The SMILES string of the molecule is F[P+]1(N=Cc2ccccc2)N[P+](F)(N=Cc2ccccc2)N[P+](F)(N=Cc2ccccc2)N1. The summed E-state index contributed by atoms with van der Waals surface area (Å²) in [5.74, 6) is 0. The van der Waals surface area contributed by atoms with Crippen molar-refractivity contribution in [1.82, 2.24) is 14.6 Å². The predicted molar refractivity (Wildman–Crippen MR) is 136 cm³/mol. The topological polar surface area (TPSA) is 73.2 Å². The summed E-state index contributed by atoms with van der Waals surface area (Å²) < 4.78 is 59.0. The van der Waals surface area contributed by atoms with Crippen LogP contribution in [0.2, 0.25) is 0 Å². The lowest BCUT2D eigenvalue weighted by atomic mass is 10.2. The van der Waals surface area contributed by atoms with E-state index < -0.39 is 24.1 Å². The van der Waals surface area contributed by atoms with Gasteiger partial charge < -0.3 is 0 Å². The summed E-state index contributed by atoms with van der Waals surface area (Å²) in [7, 11) is -13.2. The molecule has 0 atom stereocenters. The van der Waals surface area contributed by atoms with Gasteiger partial charge in [0.1, 0.15) is 0 Å². The van der Waals surface area contributed by atoms with Crippen molar-refractivity contribution in [3.63, 3.8) is 0 Å². The molecule has 4 rings (SSSR count). The van der Waals surface area contributed by atoms with E-state index in [1.165, 1.54) is 18.6 Å². The van der Waals surface area contributed by atoms with Gasteiger partial charge in [0, 0.05) is 12.6 Å². The molecule has 0 spiro atoms. The van der Waals surface area contributed by atoms with Gasteiger partial charge in [0.2, 0.25) is 0 Å². The normalized spacial score (nSPS) is 28.1. The molecular formula is C21H21F3N6P3+3. The molecule has 33 heavy (non-hydrogen) atoms. The zero-order chi connectivity index (χ0) is 23.2. The molecule has 1 saturated heterocycles. The van der Waals surface area contributed by atoms with Gasteiger partial charge in [-0.25, -0.2) is 0 Å². The van der Waals surface area contributed by atoms with Gasteiger partial charge in [-0.2, -0.15) is 0 Å². The number of nitrogens with one attached hydrogen (secondary N) is 3. The van der Waals surface area contributed by atoms with E-state index in [1.54, 1.807) is 91.0 Å². The summed E-state index contributed by atoms with van der Waals surface area (Å²) >= 11 is 0. The minimum atomic E-state index is -4.39. The van der Waals surface area contributed by atoms with Gasteiger partial charge in [-0.1, -0.05) is 105 Å². The fourth-order valence-electron chi connectivity index (χ4n) is 2.80. The van der Waals surface area contributed by atoms with Gasteiger partial charge in [0.05, 0.1) is 33.2 Å². The van der Waals surface area contributed by atoms with Crippen LogP contribution in [-0.4, -0.2) is 18.6 Å². The van der Waals surface area contributed by atoms with E-state index in [4.69, 9.17) is 0 Å². The molecule has 1 aliphatic rings. The highest BCUT2D eigenvalue weighted by Gasteiger charge is 2.78. The van der Waals surface area contributed by atoms with Crippen molar-refractivity contribution < 1.29 is 12.6 Å². The van der Waals surface area contributed by atoms with Crippen LogP contribution in [0.1, 0.15) is 16.7 Å². The van der Waals surface area contributed by atoms with Crippen LogP contribution in [0.3, 0.4) is 0 Å². The van der Waals surface area contributed by atoms with Crippen LogP contribution in [-0.2, 0) is 0 Å². The van der Waals surface area contributed by atoms with Crippen molar-refractivity contribution in [3.8, 4) is 0 Å². The quantitative estimate of drug-likeness (QED) is 0.247. The first-order chi connectivity index (χ1) is 15.9. The van der Waals surface area contributed by atoms with Gasteiger partial charge in [0.25, 0.3) is 0 Å². The molecule has 0 amide bonds. The van der Waals surface area contributed by atoms with Crippen molar-refractivity contribution in [2.75, 3.05) is 0 Å². The smallest absolute Gasteiger partial charge is 0.0622 e. The molecule has 0 bridgehead atoms. The lowest BCUT2D eigenvalue weighted by molar-refractivity contribution is 0.747. The molecule has 0 aliphatic carbocycles. The Morgan fingerprint density at radius 3 is 0.939 bits per heavy atom. The largest absolute Gasteiger partial charge is 0.544 e. The summed E-state index contributed by atoms with van der Waals surface area (Å²) in [6.45, 7) is 0. The Balaban J connectivity index is 1.65. The Morgan fingerprint density at radius 1 is 0.455 bits per heavy atom. The van der Waals surface area contributed by atoms with Gasteiger partial charge in [0.15, 0.2) is 0 Å². The Bertz CT molecular complexity index is 997. The maximum Gasteiger partial charge on any atom is 0.544 e. The lowest BCUT2D eigenvalue weighted by Crippen LogP contribution is -2.36. The molecule has 3 aromatic carbocycles. The molecule has 0 aromatic heterocycles. The highest BCUT2D eigenvalue weighted by Crippen LogP contribution is 2.83. The fourth-order valence-corrected chi connectivity index (χ4v) is 10.9. The van der Waals surface area contributed by atoms with E-state index in [9.17, 15) is 0 Å². The molecule has 0 radical (unpaired) electrons. The molecular weight excluding hydrogens is 486 g/mol. The maximum atomic E-state index is 15.8. The second-order valence-electron chi connectivity index (χ2n) is 6.94. The fraction of sp³-hybridized carbons (Fsp3) is 0. The van der Waals surface area contributed by atoms with Crippen LogP contribution in [0.15, 0.2) is 105 Å². The first-order valence-electron chi connectivity index (χ1n) is 9.82. The standard InChI is InChI=1S/C21H21F3N6P3/c22-31(25-16-19-10-4-1-5-11-19)28-32(23,26-17-20-12-6-2-7-13-20)30-33(24,29-31)27-18-21-14-8-3-9-15-21/h1-18,28-30H/q+3. The van der Waals surface area contributed by atoms with Crippen molar-refractivity contribution in [2.45, 2.75) is 0 Å². The van der Waals surface area contributed by atoms with E-state index >= 15 is 12.6 Å². The van der Waals surface area contributed by atoms with E-state index in [0.717, 1.165) is 0 Å². The third-order valence-corrected chi connectivity index (χ3v) is 12.0. The lowest BCUT2D eigenvalue weighted by Gasteiger charge is -2.20. The molecule has 1 fully saturated rings. The van der Waals surface area contributed by atoms with Crippen LogP contribution < -0.4 is 14.6 Å². The molecule has 168 valence electrons. The molecule has 12 heteroatoms. The van der Waals surface area contributed by atoms with E-state index in [0.29, 0.717) is 16.7 Å². The molecule has 1 heterocycles. The predicted octanol–water partition coefficient (Wildman–Crippen LogP) is 7.07. The van der Waals surface area contributed by atoms with E-state index in [1.807, 2.05) is 0 Å². The Morgan fingerprint density at radius 2 is 0.697 bits per heavy atom. The molecule has 3 aromatic rings. The number of hydrogen-bond donors (Lipinski definition) is 3. The number of halogens is 3. The Labute approximate surface area is 192 Å². The third kappa shape index (κ3) is 6.81. The number of nitrogens with zero attached hydrogens (tertiary/aromatic N) is 3. The minimum absolute atomic E-state index is 0.586. The second kappa shape index (κ2) is 10.3. The van der Waals surface area contributed by atoms with Crippen molar-refractivity contribution in [2.24, 2.45) is 14.3 Å². The molecule has 3 N–H and O–H groups in total. The van der Waals surface area contributed by atoms with Crippen LogP contribution in [0, 0.1) is 0 Å². The first kappa shape index (κ1) is 23.8. The average molecular weight is 507 g/mol. The Kier molecular flexibility index (Phi) is 7.40. The molecule has 1 aliphatic heterocycles. The summed E-state index contributed by atoms with van der Waals surface area (Å²) in [5, 5.41) is 0. The van der Waals surface area contributed by atoms with E-state index in [-0.39, 0.29) is 0 Å². The van der Waals surface area contributed by atoms with Crippen LogP contribution in [0.4, 0.5) is 12.6 Å². The summed E-state index contributed by atoms with van der Waals surface area (Å²) in [4.78, 5) is 6.55. The average Bonchev–Trinajstić information content (AvgIpc) is 2.82. The highest BCUT2D eigenvalue weighted by atomic mass is 31.3. The van der Waals surface area contributed by atoms with Gasteiger partial charge >= 0.3 is 24.1 Å². The van der Waals surface area contributed by atoms with Gasteiger partial charge in [-0.05, 0) is 16.7 Å². The monoisotopic (exact) mass is 507 g/mol. The number of rotatable bonds is 6. The molecule has 6 nitrogen and oxygen atoms in total. The maximum absolute atomic E-state index is 15.8. The summed E-state index contributed by atoms with van der Waals surface area (Å²) in [6, 6.07) is 26.1. The Hall–Kier alpha value is -2.37. The molecule has 0 saturated carbocycles. The van der Waals surface area contributed by atoms with Crippen LogP contribution >= 0.6 is 24.1 Å². The second-order valence-corrected chi connectivity index (χ2v) is 13.4. The van der Waals surface area contributed by atoms with Crippen molar-refractivity contribution >= 4 is 42.7 Å². The van der Waals surface area contributed by atoms with Crippen molar-refractivity contribution in [1.29, 1.82) is 0 Å². The van der Waals surface area contributed by atoms with Gasteiger partial charge in [-0.15, -0.1) is 0 Å². The van der Waals surface area contributed by atoms with Gasteiger partial charge in [-0.3, -0.25) is 0 Å². The first-order valence-corrected chi connectivity index (χ1v) is 14.7. The molecule has 0 unspecified atom stereocenters. The van der Waals surface area contributed by atoms with Crippen LogP contribution in [0.25, 0.3) is 0 Å². The van der Waals surface area contributed by atoms with E-state index in [2.05, 4.69) is 28.9 Å². The van der Waals surface area contributed by atoms with Crippen LogP contribution in [0.5, 0.6) is 0 Å². The zero-order valence-electron chi connectivity index (χ0n) is 17.2. The summed E-state index contributed by atoms with van der Waals surface area (Å²) in [5.41, 5.74) is 1.76.